The molecule has 0 aliphatic heterocycles. The average molecular weight is 681 g/mol. The van der Waals surface area contributed by atoms with E-state index in [2.05, 4.69) is 12.2 Å². The fourth-order valence-electron chi connectivity index (χ4n) is 6.50. The van der Waals surface area contributed by atoms with Crippen LogP contribution in [0.2, 0.25) is 0 Å². The lowest BCUT2D eigenvalue weighted by Crippen LogP contribution is -2.31. The minimum atomic E-state index is -3.56. The minimum absolute atomic E-state index is 0.571. The number of allylic oxidation sites excluding steroid dienone is 4. The van der Waals surface area contributed by atoms with Crippen molar-refractivity contribution in [3.05, 3.63) is 193 Å². The first-order valence-corrected chi connectivity index (χ1v) is 21.2. The van der Waals surface area contributed by atoms with E-state index < -0.39 is 21.4 Å². The third kappa shape index (κ3) is 5.67. The molecule has 6 aromatic rings. The monoisotopic (exact) mass is 680 g/mol. The summed E-state index contributed by atoms with van der Waals surface area (Å²) in [6.45, 7) is 0. The normalized spacial score (nSPS) is 15.5. The van der Waals surface area contributed by atoms with Gasteiger partial charge in [-0.05, 0) is 25.0 Å². The molecule has 0 saturated heterocycles. The molecular formula is C42H35O3P3. The molecule has 48 heavy (non-hydrogen) atoms. The van der Waals surface area contributed by atoms with Gasteiger partial charge in [-0.3, -0.25) is 0 Å². The summed E-state index contributed by atoms with van der Waals surface area (Å²) in [7, 11) is -10.2. The Morgan fingerprint density at radius 1 is 0.333 bits per heavy atom. The van der Waals surface area contributed by atoms with Gasteiger partial charge in [0.25, 0.3) is 0 Å². The summed E-state index contributed by atoms with van der Waals surface area (Å²) >= 11 is 0. The van der Waals surface area contributed by atoms with Gasteiger partial charge >= 0.3 is 0 Å². The van der Waals surface area contributed by atoms with Crippen molar-refractivity contribution in [2.24, 2.45) is 0 Å². The highest BCUT2D eigenvalue weighted by Gasteiger charge is 2.37. The fourth-order valence-corrected chi connectivity index (χ4v) is 14.9. The summed E-state index contributed by atoms with van der Waals surface area (Å²) in [5, 5.41) is 6.00. The van der Waals surface area contributed by atoms with E-state index in [4.69, 9.17) is 0 Å². The maximum absolute atomic E-state index is 16.0. The number of hydrogen-bond acceptors (Lipinski definition) is 3. The Morgan fingerprint density at radius 3 is 1.00 bits per heavy atom. The molecule has 0 radical (unpaired) electrons. The van der Waals surface area contributed by atoms with Crippen LogP contribution in [-0.4, -0.2) is 0 Å². The molecule has 1 aliphatic rings. The Kier molecular flexibility index (Phi) is 9.04. The summed E-state index contributed by atoms with van der Waals surface area (Å²) in [5.74, 6) is 0. The van der Waals surface area contributed by atoms with Gasteiger partial charge in [-0.15, -0.1) is 0 Å². The smallest absolute Gasteiger partial charge is 0.171 e. The fraction of sp³-hybridized carbons (Fsp3) is 0.0476. The molecule has 2 atom stereocenters. The lowest BCUT2D eigenvalue weighted by atomic mass is 10.2. The topological polar surface area (TPSA) is 51.2 Å². The average Bonchev–Trinajstić information content (AvgIpc) is 3.18. The van der Waals surface area contributed by atoms with E-state index in [1.54, 1.807) is 0 Å². The molecule has 236 valence electrons. The summed E-state index contributed by atoms with van der Waals surface area (Å²) in [5.41, 5.74) is 0. The molecule has 3 nitrogen and oxygen atoms in total. The second-order valence-corrected chi connectivity index (χ2v) is 20.1. The van der Waals surface area contributed by atoms with Crippen molar-refractivity contribution in [1.29, 1.82) is 0 Å². The summed E-state index contributed by atoms with van der Waals surface area (Å²) in [4.78, 5) is 0. The van der Waals surface area contributed by atoms with Crippen molar-refractivity contribution >= 4 is 63.9 Å². The van der Waals surface area contributed by atoms with E-state index in [-0.39, 0.29) is 0 Å². The van der Waals surface area contributed by atoms with E-state index in [0.29, 0.717) is 37.1 Å². The van der Waals surface area contributed by atoms with Crippen molar-refractivity contribution in [2.75, 3.05) is 0 Å². The van der Waals surface area contributed by atoms with Crippen LogP contribution in [-0.2, 0) is 13.7 Å². The molecule has 0 fully saturated rings. The predicted octanol–water partition coefficient (Wildman–Crippen LogP) is 7.51. The Hall–Kier alpha value is -4.51. The van der Waals surface area contributed by atoms with Gasteiger partial charge in [0.05, 0.1) is 0 Å². The molecule has 2 unspecified atom stereocenters. The van der Waals surface area contributed by atoms with Gasteiger partial charge in [-0.2, -0.15) is 0 Å². The molecule has 6 aromatic carbocycles. The van der Waals surface area contributed by atoms with Crippen LogP contribution >= 0.6 is 21.4 Å². The lowest BCUT2D eigenvalue weighted by molar-refractivity contribution is 0.590. The zero-order chi connectivity index (χ0) is 33.0. The zero-order valence-electron chi connectivity index (χ0n) is 26.4. The lowest BCUT2D eigenvalue weighted by Gasteiger charge is -2.26. The number of rotatable bonds is 9. The maximum Gasteiger partial charge on any atom is 0.171 e. The van der Waals surface area contributed by atoms with Crippen molar-refractivity contribution in [3.63, 3.8) is 0 Å². The zero-order valence-corrected chi connectivity index (χ0v) is 29.1. The van der Waals surface area contributed by atoms with E-state index >= 15 is 13.7 Å². The van der Waals surface area contributed by atoms with E-state index in [9.17, 15) is 0 Å². The summed E-state index contributed by atoms with van der Waals surface area (Å²) < 4.78 is 46.7. The van der Waals surface area contributed by atoms with Crippen molar-refractivity contribution in [1.82, 2.24) is 0 Å². The van der Waals surface area contributed by atoms with Crippen LogP contribution in [0.5, 0.6) is 0 Å². The SMILES string of the molecule is O=P(C1=CCCC=C1)(c1ccccc1)c1cccc(P(=O)(c2ccccc2)c2cccc(P(=O)(c3ccccc3)c3ccccc3)c2)c1. The van der Waals surface area contributed by atoms with Gasteiger partial charge in [-0.25, -0.2) is 0 Å². The van der Waals surface area contributed by atoms with Crippen molar-refractivity contribution in [3.8, 4) is 0 Å². The first-order valence-electron chi connectivity index (χ1n) is 16.1. The van der Waals surface area contributed by atoms with E-state index in [0.717, 1.165) is 23.5 Å². The van der Waals surface area contributed by atoms with Crippen LogP contribution in [0.4, 0.5) is 0 Å². The summed E-state index contributed by atoms with van der Waals surface area (Å²) in [6.07, 6.45) is 7.86. The van der Waals surface area contributed by atoms with Gasteiger partial charge in [0.1, 0.15) is 0 Å². The number of hydrogen-bond donors (Lipinski definition) is 0. The highest BCUT2D eigenvalue weighted by atomic mass is 31.2. The van der Waals surface area contributed by atoms with Crippen LogP contribution in [0.15, 0.2) is 193 Å². The van der Waals surface area contributed by atoms with Crippen LogP contribution in [0.1, 0.15) is 12.8 Å². The second-order valence-electron chi connectivity index (χ2n) is 11.8. The first kappa shape index (κ1) is 32.1. The molecule has 0 N–H and O–H groups in total. The molecule has 0 heterocycles. The van der Waals surface area contributed by atoms with Gasteiger partial charge in [0.2, 0.25) is 0 Å². The molecule has 0 aromatic heterocycles. The second kappa shape index (κ2) is 13.5. The molecule has 1 aliphatic carbocycles. The Morgan fingerprint density at radius 2 is 0.646 bits per heavy atom. The largest absolute Gasteiger partial charge is 0.309 e. The third-order valence-electron chi connectivity index (χ3n) is 8.93. The van der Waals surface area contributed by atoms with Crippen LogP contribution in [0.25, 0.3) is 0 Å². The molecule has 6 heteroatoms. The van der Waals surface area contributed by atoms with E-state index in [1.165, 1.54) is 0 Å². The first-order chi connectivity index (χ1) is 23.4. The molecule has 7 rings (SSSR count). The number of benzene rings is 6. The molecule has 0 saturated carbocycles. The van der Waals surface area contributed by atoms with Crippen LogP contribution in [0, 0.1) is 0 Å². The van der Waals surface area contributed by atoms with E-state index in [1.807, 2.05) is 176 Å². The maximum atomic E-state index is 16.0. The minimum Gasteiger partial charge on any atom is -0.309 e. The highest BCUT2D eigenvalue weighted by molar-refractivity contribution is 7.87. The quantitative estimate of drug-likeness (QED) is 0.149. The third-order valence-corrected chi connectivity index (χ3v) is 18.1. The molecule has 0 bridgehead atoms. The van der Waals surface area contributed by atoms with Gasteiger partial charge in [0, 0.05) is 47.8 Å². The van der Waals surface area contributed by atoms with Gasteiger partial charge in [0.15, 0.2) is 21.4 Å². The van der Waals surface area contributed by atoms with Gasteiger partial charge < -0.3 is 13.7 Å². The molecular weight excluding hydrogens is 645 g/mol. The molecule has 0 spiro atoms. The summed E-state index contributed by atoms with van der Waals surface area (Å²) in [6, 6.07) is 53.1. The van der Waals surface area contributed by atoms with Crippen molar-refractivity contribution < 1.29 is 13.7 Å². The van der Waals surface area contributed by atoms with Crippen LogP contribution < -0.4 is 42.4 Å². The van der Waals surface area contributed by atoms with Crippen molar-refractivity contribution in [2.45, 2.75) is 12.8 Å². The van der Waals surface area contributed by atoms with Crippen LogP contribution in [0.3, 0.4) is 0 Å². The highest BCUT2D eigenvalue weighted by Crippen LogP contribution is 2.54. The Balaban J connectivity index is 1.45. The molecule has 0 amide bonds. The Bertz CT molecular complexity index is 2220. The van der Waals surface area contributed by atoms with Gasteiger partial charge in [-0.1, -0.05) is 176 Å². The standard InChI is InChI=1S/C42H35O3P3/c43-46(34-18-6-1-7-19-34,35-20-8-2-9-21-35)39-28-16-30-41(32-39)48(45,38-26-14-5-15-27-38)42-31-17-29-40(33-42)47(44,36-22-10-3-11-23-36)37-24-12-4-13-25-37/h1-3,5-12,14-33H,4,13H2. The predicted molar refractivity (Wildman–Crippen MR) is 205 cm³/mol. The Labute approximate surface area is 282 Å².